The van der Waals surface area contributed by atoms with Gasteiger partial charge in [0, 0.05) is 11.8 Å². The van der Waals surface area contributed by atoms with Gasteiger partial charge in [-0.3, -0.25) is 4.79 Å². The molecule has 0 amide bonds. The van der Waals surface area contributed by atoms with Gasteiger partial charge in [-0.25, -0.2) is 4.98 Å². The molecule has 2 aromatic rings. The van der Waals surface area contributed by atoms with Crippen molar-refractivity contribution in [2.75, 3.05) is 7.11 Å². The van der Waals surface area contributed by atoms with Crippen LogP contribution in [0.1, 0.15) is 38.6 Å². The van der Waals surface area contributed by atoms with Crippen LogP contribution in [-0.4, -0.2) is 23.0 Å². The second-order valence-electron chi connectivity index (χ2n) is 5.76. The lowest BCUT2D eigenvalue weighted by molar-refractivity contribution is -0.140. The predicted molar refractivity (Wildman–Crippen MR) is 75.1 cm³/mol. The maximum atomic E-state index is 11.1. The van der Waals surface area contributed by atoms with Crippen LogP contribution in [0.5, 0.6) is 0 Å². The van der Waals surface area contributed by atoms with Crippen LogP contribution in [0.15, 0.2) is 18.2 Å². The number of ether oxygens (including phenoxy) is 1. The zero-order chi connectivity index (χ0) is 14.0. The molecule has 1 aromatic heterocycles. The van der Waals surface area contributed by atoms with Crippen LogP contribution in [0.3, 0.4) is 0 Å². The molecule has 2 rings (SSSR count). The number of imidazole rings is 1. The van der Waals surface area contributed by atoms with Crippen LogP contribution in [0.2, 0.25) is 0 Å². The number of carbonyl (C=O) groups excluding carboxylic acids is 1. The molecule has 0 aliphatic heterocycles. The zero-order valence-electron chi connectivity index (χ0n) is 11.9. The summed E-state index contributed by atoms with van der Waals surface area (Å²) in [6.07, 6.45) is 1.09. The SMILES string of the molecule is COC(=O)CCc1ccc2nc(C(C)(C)C)[nH]c2c1. The largest absolute Gasteiger partial charge is 0.469 e. The molecule has 0 aliphatic carbocycles. The van der Waals surface area contributed by atoms with Crippen molar-refractivity contribution >= 4 is 17.0 Å². The van der Waals surface area contributed by atoms with Crippen molar-refractivity contribution in [3.8, 4) is 0 Å². The van der Waals surface area contributed by atoms with E-state index in [0.29, 0.717) is 12.8 Å². The topological polar surface area (TPSA) is 55.0 Å². The maximum absolute atomic E-state index is 11.1. The van der Waals surface area contributed by atoms with Gasteiger partial charge in [0.15, 0.2) is 0 Å². The van der Waals surface area contributed by atoms with E-state index in [4.69, 9.17) is 0 Å². The van der Waals surface area contributed by atoms with E-state index < -0.39 is 0 Å². The number of H-pyrrole nitrogens is 1. The van der Waals surface area contributed by atoms with Gasteiger partial charge in [-0.15, -0.1) is 0 Å². The summed E-state index contributed by atoms with van der Waals surface area (Å²) in [6.45, 7) is 6.38. The van der Waals surface area contributed by atoms with Crippen molar-refractivity contribution in [3.63, 3.8) is 0 Å². The molecule has 0 aliphatic rings. The summed E-state index contributed by atoms with van der Waals surface area (Å²) in [5.74, 6) is 0.799. The van der Waals surface area contributed by atoms with E-state index in [-0.39, 0.29) is 11.4 Å². The summed E-state index contributed by atoms with van der Waals surface area (Å²) < 4.78 is 4.65. The van der Waals surface area contributed by atoms with Gasteiger partial charge >= 0.3 is 5.97 Å². The molecule has 0 saturated carbocycles. The number of aromatic nitrogens is 2. The third kappa shape index (κ3) is 3.13. The van der Waals surface area contributed by atoms with Crippen LogP contribution >= 0.6 is 0 Å². The Morgan fingerprint density at radius 1 is 1.37 bits per heavy atom. The first-order valence-corrected chi connectivity index (χ1v) is 6.46. The molecular weight excluding hydrogens is 240 g/mol. The quantitative estimate of drug-likeness (QED) is 0.863. The van der Waals surface area contributed by atoms with Crippen molar-refractivity contribution in [1.82, 2.24) is 9.97 Å². The molecule has 0 spiro atoms. The molecule has 102 valence electrons. The molecule has 4 nitrogen and oxygen atoms in total. The summed E-state index contributed by atoms with van der Waals surface area (Å²) in [5, 5.41) is 0. The second-order valence-corrected chi connectivity index (χ2v) is 5.76. The van der Waals surface area contributed by atoms with Crippen molar-refractivity contribution in [2.45, 2.75) is 39.0 Å². The number of benzene rings is 1. The minimum atomic E-state index is -0.180. The number of fused-ring (bicyclic) bond motifs is 1. The van der Waals surface area contributed by atoms with Crippen LogP contribution in [-0.2, 0) is 21.4 Å². The number of nitrogens with zero attached hydrogens (tertiary/aromatic N) is 1. The van der Waals surface area contributed by atoms with Gasteiger partial charge in [0.05, 0.1) is 18.1 Å². The van der Waals surface area contributed by atoms with E-state index in [1.165, 1.54) is 7.11 Å². The fraction of sp³-hybridized carbons (Fsp3) is 0.467. The van der Waals surface area contributed by atoms with Gasteiger partial charge in [0.25, 0.3) is 0 Å². The molecule has 1 aromatic carbocycles. The van der Waals surface area contributed by atoms with Crippen LogP contribution in [0.25, 0.3) is 11.0 Å². The van der Waals surface area contributed by atoms with Gasteiger partial charge < -0.3 is 9.72 Å². The zero-order valence-corrected chi connectivity index (χ0v) is 11.9. The Labute approximate surface area is 113 Å². The lowest BCUT2D eigenvalue weighted by Gasteiger charge is -2.13. The Morgan fingerprint density at radius 3 is 2.74 bits per heavy atom. The molecule has 0 bridgehead atoms. The number of methoxy groups -OCH3 is 1. The number of hydrogen-bond donors (Lipinski definition) is 1. The van der Waals surface area contributed by atoms with Crippen molar-refractivity contribution in [2.24, 2.45) is 0 Å². The third-order valence-corrected chi connectivity index (χ3v) is 3.10. The number of rotatable bonds is 3. The molecule has 0 saturated heterocycles. The number of aromatic amines is 1. The van der Waals surface area contributed by atoms with Crippen molar-refractivity contribution < 1.29 is 9.53 Å². The molecule has 1 N–H and O–H groups in total. The van der Waals surface area contributed by atoms with E-state index in [1.807, 2.05) is 12.1 Å². The lowest BCUT2D eigenvalue weighted by atomic mass is 9.96. The molecule has 19 heavy (non-hydrogen) atoms. The van der Waals surface area contributed by atoms with E-state index in [2.05, 4.69) is 41.5 Å². The predicted octanol–water partition coefficient (Wildman–Crippen LogP) is 2.97. The molecular formula is C15H20N2O2. The van der Waals surface area contributed by atoms with Gasteiger partial charge in [-0.2, -0.15) is 0 Å². The van der Waals surface area contributed by atoms with Gasteiger partial charge in [0.1, 0.15) is 5.82 Å². The first-order chi connectivity index (χ1) is 8.90. The highest BCUT2D eigenvalue weighted by atomic mass is 16.5. The fourth-order valence-corrected chi connectivity index (χ4v) is 1.92. The normalized spacial score (nSPS) is 11.8. The van der Waals surface area contributed by atoms with Crippen LogP contribution < -0.4 is 0 Å². The first-order valence-electron chi connectivity index (χ1n) is 6.46. The minimum absolute atomic E-state index is 0.00516. The van der Waals surface area contributed by atoms with Crippen LogP contribution in [0.4, 0.5) is 0 Å². The second kappa shape index (κ2) is 5.03. The number of hydrogen-bond acceptors (Lipinski definition) is 3. The first kappa shape index (κ1) is 13.6. The van der Waals surface area contributed by atoms with Crippen LogP contribution in [0, 0.1) is 0 Å². The smallest absolute Gasteiger partial charge is 0.305 e. The summed E-state index contributed by atoms with van der Waals surface area (Å²) in [6, 6.07) is 6.06. The summed E-state index contributed by atoms with van der Waals surface area (Å²) in [5.41, 5.74) is 3.10. The Morgan fingerprint density at radius 2 is 2.11 bits per heavy atom. The molecule has 0 fully saturated rings. The molecule has 0 radical (unpaired) electrons. The molecule has 1 heterocycles. The number of aryl methyl sites for hydroxylation is 1. The van der Waals surface area contributed by atoms with Gasteiger partial charge in [-0.1, -0.05) is 26.8 Å². The Hall–Kier alpha value is -1.84. The highest BCUT2D eigenvalue weighted by Crippen LogP contribution is 2.23. The number of nitrogens with one attached hydrogen (secondary N) is 1. The van der Waals surface area contributed by atoms with E-state index in [1.54, 1.807) is 0 Å². The van der Waals surface area contributed by atoms with E-state index >= 15 is 0 Å². The highest BCUT2D eigenvalue weighted by Gasteiger charge is 2.18. The maximum Gasteiger partial charge on any atom is 0.305 e. The summed E-state index contributed by atoms with van der Waals surface area (Å²) >= 11 is 0. The average molecular weight is 260 g/mol. The molecule has 0 atom stereocenters. The highest BCUT2D eigenvalue weighted by molar-refractivity contribution is 5.76. The van der Waals surface area contributed by atoms with Crippen molar-refractivity contribution in [3.05, 3.63) is 29.6 Å². The van der Waals surface area contributed by atoms with E-state index in [9.17, 15) is 4.79 Å². The minimum Gasteiger partial charge on any atom is -0.469 e. The molecule has 0 unspecified atom stereocenters. The van der Waals surface area contributed by atoms with Gasteiger partial charge in [0.2, 0.25) is 0 Å². The number of carbonyl (C=O) groups is 1. The third-order valence-electron chi connectivity index (χ3n) is 3.10. The monoisotopic (exact) mass is 260 g/mol. The Balaban J connectivity index is 2.23. The van der Waals surface area contributed by atoms with E-state index in [0.717, 1.165) is 22.4 Å². The van der Waals surface area contributed by atoms with Crippen molar-refractivity contribution in [1.29, 1.82) is 0 Å². The lowest BCUT2D eigenvalue weighted by Crippen LogP contribution is -2.12. The standard InChI is InChI=1S/C15H20N2O2/c1-15(2,3)14-16-11-7-5-10(9-12(11)17-14)6-8-13(18)19-4/h5,7,9H,6,8H2,1-4H3,(H,16,17). The fourth-order valence-electron chi connectivity index (χ4n) is 1.92. The average Bonchev–Trinajstić information content (AvgIpc) is 2.78. The van der Waals surface area contributed by atoms with Gasteiger partial charge in [-0.05, 0) is 24.1 Å². The summed E-state index contributed by atoms with van der Waals surface area (Å²) in [7, 11) is 1.41. The molecule has 4 heteroatoms. The number of esters is 1. The Bertz CT molecular complexity index is 594. The Kier molecular flexibility index (Phi) is 3.60. The summed E-state index contributed by atoms with van der Waals surface area (Å²) in [4.78, 5) is 19.1.